The number of methoxy groups -OCH3 is 1. The van der Waals surface area contributed by atoms with Gasteiger partial charge in [0, 0.05) is 12.1 Å². The number of ether oxygens (including phenoxy) is 1. The SMILES string of the molecule is CCCNc1nc(OC)nc(-c2cc(C)cc(F)c2)n1. The summed E-state index contributed by atoms with van der Waals surface area (Å²) in [4.78, 5) is 12.6. The first kappa shape index (κ1) is 14.2. The van der Waals surface area contributed by atoms with Crippen LogP contribution in [0.1, 0.15) is 18.9 Å². The van der Waals surface area contributed by atoms with Gasteiger partial charge in [-0.3, -0.25) is 0 Å². The summed E-state index contributed by atoms with van der Waals surface area (Å²) in [6.45, 7) is 4.61. The molecule has 20 heavy (non-hydrogen) atoms. The van der Waals surface area contributed by atoms with E-state index in [1.165, 1.54) is 19.2 Å². The van der Waals surface area contributed by atoms with Gasteiger partial charge in [0.25, 0.3) is 0 Å². The molecule has 0 aliphatic heterocycles. The Morgan fingerprint density at radius 3 is 2.65 bits per heavy atom. The summed E-state index contributed by atoms with van der Waals surface area (Å²) in [6.07, 6.45) is 0.947. The Balaban J connectivity index is 2.43. The quantitative estimate of drug-likeness (QED) is 0.910. The first-order valence-corrected chi connectivity index (χ1v) is 6.44. The molecule has 0 saturated heterocycles. The Labute approximate surface area is 117 Å². The molecule has 0 spiro atoms. The van der Waals surface area contributed by atoms with Gasteiger partial charge in [-0.15, -0.1) is 0 Å². The fourth-order valence-corrected chi connectivity index (χ4v) is 1.76. The third-order valence-electron chi connectivity index (χ3n) is 2.63. The second-order valence-corrected chi connectivity index (χ2v) is 4.41. The van der Waals surface area contributed by atoms with E-state index in [4.69, 9.17) is 4.74 Å². The number of anilines is 1. The maximum Gasteiger partial charge on any atom is 0.321 e. The number of aryl methyl sites for hydroxylation is 1. The molecule has 1 heterocycles. The number of halogens is 1. The lowest BCUT2D eigenvalue weighted by molar-refractivity contribution is 0.379. The Kier molecular flexibility index (Phi) is 4.45. The topological polar surface area (TPSA) is 59.9 Å². The highest BCUT2D eigenvalue weighted by Gasteiger charge is 2.10. The summed E-state index contributed by atoms with van der Waals surface area (Å²) >= 11 is 0. The van der Waals surface area contributed by atoms with Crippen LogP contribution in [0.3, 0.4) is 0 Å². The average molecular weight is 276 g/mol. The molecule has 106 valence electrons. The number of aromatic nitrogens is 3. The van der Waals surface area contributed by atoms with E-state index in [1.54, 1.807) is 0 Å². The van der Waals surface area contributed by atoms with E-state index >= 15 is 0 Å². The van der Waals surface area contributed by atoms with E-state index < -0.39 is 0 Å². The van der Waals surface area contributed by atoms with Gasteiger partial charge in [-0.25, -0.2) is 4.39 Å². The van der Waals surface area contributed by atoms with Gasteiger partial charge in [-0.1, -0.05) is 6.92 Å². The fraction of sp³-hybridized carbons (Fsp3) is 0.357. The van der Waals surface area contributed by atoms with Crippen molar-refractivity contribution in [2.24, 2.45) is 0 Å². The van der Waals surface area contributed by atoms with Crippen LogP contribution in [0, 0.1) is 12.7 Å². The maximum atomic E-state index is 13.5. The fourth-order valence-electron chi connectivity index (χ4n) is 1.76. The van der Waals surface area contributed by atoms with Crippen LogP contribution in [0.25, 0.3) is 11.4 Å². The number of nitrogens with zero attached hydrogens (tertiary/aromatic N) is 3. The Bertz CT molecular complexity index is 583. The van der Waals surface area contributed by atoms with Crippen molar-refractivity contribution in [1.29, 1.82) is 0 Å². The van der Waals surface area contributed by atoms with Crippen LogP contribution in [0.2, 0.25) is 0 Å². The molecule has 1 N–H and O–H groups in total. The molecule has 0 radical (unpaired) electrons. The van der Waals surface area contributed by atoms with Crippen LogP contribution in [-0.4, -0.2) is 28.6 Å². The zero-order chi connectivity index (χ0) is 14.5. The molecule has 0 fully saturated rings. The molecule has 0 aliphatic carbocycles. The van der Waals surface area contributed by atoms with Crippen molar-refractivity contribution in [2.75, 3.05) is 19.0 Å². The molecule has 0 aliphatic rings. The van der Waals surface area contributed by atoms with E-state index in [2.05, 4.69) is 20.3 Å². The molecule has 1 aromatic carbocycles. The van der Waals surface area contributed by atoms with Crippen molar-refractivity contribution in [3.8, 4) is 17.4 Å². The third kappa shape index (κ3) is 3.40. The minimum Gasteiger partial charge on any atom is -0.467 e. The highest BCUT2D eigenvalue weighted by molar-refractivity contribution is 5.57. The zero-order valence-corrected chi connectivity index (χ0v) is 11.8. The summed E-state index contributed by atoms with van der Waals surface area (Å²) in [5.41, 5.74) is 1.41. The van der Waals surface area contributed by atoms with Crippen LogP contribution in [0.15, 0.2) is 18.2 Å². The lowest BCUT2D eigenvalue weighted by Gasteiger charge is -2.08. The van der Waals surface area contributed by atoms with Crippen molar-refractivity contribution in [2.45, 2.75) is 20.3 Å². The van der Waals surface area contributed by atoms with Gasteiger partial charge in [0.1, 0.15) is 5.82 Å². The number of rotatable bonds is 5. The third-order valence-corrected chi connectivity index (χ3v) is 2.63. The first-order chi connectivity index (χ1) is 9.62. The van der Waals surface area contributed by atoms with Gasteiger partial charge >= 0.3 is 6.01 Å². The lowest BCUT2D eigenvalue weighted by atomic mass is 10.1. The second kappa shape index (κ2) is 6.27. The van der Waals surface area contributed by atoms with E-state index in [9.17, 15) is 4.39 Å². The Morgan fingerprint density at radius 1 is 1.20 bits per heavy atom. The largest absolute Gasteiger partial charge is 0.467 e. The number of nitrogens with one attached hydrogen (secondary N) is 1. The predicted octanol–water partition coefficient (Wildman–Crippen LogP) is 2.82. The van der Waals surface area contributed by atoms with Gasteiger partial charge in [-0.05, 0) is 37.1 Å². The average Bonchev–Trinajstić information content (AvgIpc) is 2.43. The van der Waals surface area contributed by atoms with Gasteiger partial charge in [0.05, 0.1) is 7.11 Å². The minimum atomic E-state index is -0.317. The summed E-state index contributed by atoms with van der Waals surface area (Å²) < 4.78 is 18.5. The van der Waals surface area contributed by atoms with E-state index in [-0.39, 0.29) is 11.8 Å². The number of benzene rings is 1. The summed E-state index contributed by atoms with van der Waals surface area (Å²) in [5, 5.41) is 3.07. The van der Waals surface area contributed by atoms with E-state index in [0.717, 1.165) is 18.5 Å². The Morgan fingerprint density at radius 2 is 2.00 bits per heavy atom. The molecule has 1 aromatic heterocycles. The van der Waals surface area contributed by atoms with Crippen molar-refractivity contribution in [3.05, 3.63) is 29.6 Å². The maximum absolute atomic E-state index is 13.5. The highest BCUT2D eigenvalue weighted by Crippen LogP contribution is 2.21. The van der Waals surface area contributed by atoms with Gasteiger partial charge in [-0.2, -0.15) is 15.0 Å². The second-order valence-electron chi connectivity index (χ2n) is 4.41. The van der Waals surface area contributed by atoms with Crippen molar-refractivity contribution < 1.29 is 9.13 Å². The number of hydrogen-bond donors (Lipinski definition) is 1. The molecule has 0 saturated carbocycles. The zero-order valence-electron chi connectivity index (χ0n) is 11.8. The molecule has 0 atom stereocenters. The molecule has 0 bridgehead atoms. The predicted molar refractivity (Wildman–Crippen MR) is 75.3 cm³/mol. The van der Waals surface area contributed by atoms with Crippen LogP contribution >= 0.6 is 0 Å². The molecule has 5 nitrogen and oxygen atoms in total. The van der Waals surface area contributed by atoms with Crippen LogP contribution in [0.4, 0.5) is 10.3 Å². The van der Waals surface area contributed by atoms with Crippen LogP contribution in [-0.2, 0) is 0 Å². The number of hydrogen-bond acceptors (Lipinski definition) is 5. The van der Waals surface area contributed by atoms with Crippen LogP contribution in [0.5, 0.6) is 6.01 Å². The van der Waals surface area contributed by atoms with E-state index in [0.29, 0.717) is 17.3 Å². The van der Waals surface area contributed by atoms with E-state index in [1.807, 2.05) is 19.9 Å². The molecule has 2 rings (SSSR count). The molecule has 6 heteroatoms. The van der Waals surface area contributed by atoms with Crippen molar-refractivity contribution >= 4 is 5.95 Å². The standard InChI is InChI=1S/C14H17FN4O/c1-4-5-16-13-17-12(18-14(19-13)20-3)10-6-9(2)7-11(15)8-10/h6-8H,4-5H2,1-3H3,(H,16,17,18,19). The molecule has 0 amide bonds. The molecular formula is C14H17FN4O. The smallest absolute Gasteiger partial charge is 0.321 e. The first-order valence-electron chi connectivity index (χ1n) is 6.44. The van der Waals surface area contributed by atoms with Crippen molar-refractivity contribution in [3.63, 3.8) is 0 Å². The van der Waals surface area contributed by atoms with Gasteiger partial charge in [0.15, 0.2) is 5.82 Å². The monoisotopic (exact) mass is 276 g/mol. The van der Waals surface area contributed by atoms with Gasteiger partial charge < -0.3 is 10.1 Å². The normalized spacial score (nSPS) is 10.4. The molecule has 2 aromatic rings. The minimum absolute atomic E-state index is 0.204. The summed E-state index contributed by atoms with van der Waals surface area (Å²) in [6, 6.07) is 4.88. The van der Waals surface area contributed by atoms with Crippen molar-refractivity contribution in [1.82, 2.24) is 15.0 Å². The molecule has 0 unspecified atom stereocenters. The lowest BCUT2D eigenvalue weighted by Crippen LogP contribution is -2.07. The highest BCUT2D eigenvalue weighted by atomic mass is 19.1. The summed E-state index contributed by atoms with van der Waals surface area (Å²) in [5.74, 6) is 0.496. The Hall–Kier alpha value is -2.24. The summed E-state index contributed by atoms with van der Waals surface area (Å²) in [7, 11) is 1.49. The van der Waals surface area contributed by atoms with Crippen LogP contribution < -0.4 is 10.1 Å². The molecular weight excluding hydrogens is 259 g/mol. The van der Waals surface area contributed by atoms with Gasteiger partial charge in [0.2, 0.25) is 5.95 Å².